The number of carbonyl (C=O) groups is 2. The van der Waals surface area contributed by atoms with Crippen LogP contribution in [-0.4, -0.2) is 27.6 Å². The maximum Gasteiger partial charge on any atom is 0.326 e. The van der Waals surface area contributed by atoms with E-state index >= 15 is 0 Å². The van der Waals surface area contributed by atoms with E-state index in [-0.39, 0.29) is 11.8 Å². The number of nitrogens with zero attached hydrogens (tertiary/aromatic N) is 1. The molecule has 0 aromatic carbocycles. The summed E-state index contributed by atoms with van der Waals surface area (Å²) in [4.78, 5) is 23.2. The third-order valence-corrected chi connectivity index (χ3v) is 2.84. The second-order valence-corrected chi connectivity index (χ2v) is 5.08. The van der Waals surface area contributed by atoms with Crippen LogP contribution in [0.5, 0.6) is 0 Å². The van der Waals surface area contributed by atoms with Crippen LogP contribution in [0.4, 0.5) is 0 Å². The van der Waals surface area contributed by atoms with Gasteiger partial charge in [0.15, 0.2) is 0 Å². The number of carboxylic acid groups (broad SMARTS) is 1. The van der Waals surface area contributed by atoms with Crippen molar-refractivity contribution in [2.45, 2.75) is 46.2 Å². The van der Waals surface area contributed by atoms with Gasteiger partial charge in [-0.3, -0.25) is 4.79 Å². The largest absolute Gasteiger partial charge is 0.480 e. The third kappa shape index (κ3) is 4.43. The van der Waals surface area contributed by atoms with Crippen molar-refractivity contribution in [3.05, 3.63) is 24.0 Å². The number of hydrogen-bond acceptors (Lipinski definition) is 2. The summed E-state index contributed by atoms with van der Waals surface area (Å²) in [5.41, 5.74) is 0.511. The quantitative estimate of drug-likeness (QED) is 0.794. The average Bonchev–Trinajstić information content (AvgIpc) is 2.76. The monoisotopic (exact) mass is 266 g/mol. The molecule has 0 saturated heterocycles. The molecule has 0 bridgehead atoms. The predicted octanol–water partition coefficient (Wildman–Crippen LogP) is 2.13. The van der Waals surface area contributed by atoms with Crippen LogP contribution in [0.2, 0.25) is 0 Å². The fourth-order valence-corrected chi connectivity index (χ4v) is 1.98. The molecular formula is C14H22N2O3. The van der Waals surface area contributed by atoms with Crippen molar-refractivity contribution in [3.63, 3.8) is 0 Å². The van der Waals surface area contributed by atoms with E-state index in [1.807, 2.05) is 31.5 Å². The highest BCUT2D eigenvalue weighted by Gasteiger charge is 2.22. The molecule has 1 aromatic rings. The van der Waals surface area contributed by atoms with Crippen molar-refractivity contribution < 1.29 is 14.7 Å². The molecule has 0 aliphatic carbocycles. The number of rotatable bonds is 7. The molecule has 0 fully saturated rings. The Morgan fingerprint density at radius 2 is 2.11 bits per heavy atom. The van der Waals surface area contributed by atoms with E-state index in [0.717, 1.165) is 13.0 Å². The Bertz CT molecular complexity index is 438. The Morgan fingerprint density at radius 3 is 2.63 bits per heavy atom. The molecule has 0 unspecified atom stereocenters. The Balaban J connectivity index is 2.76. The first-order valence-corrected chi connectivity index (χ1v) is 6.64. The van der Waals surface area contributed by atoms with Gasteiger partial charge < -0.3 is 15.0 Å². The van der Waals surface area contributed by atoms with Crippen LogP contribution >= 0.6 is 0 Å². The molecule has 1 heterocycles. The maximum absolute atomic E-state index is 12.1. The second-order valence-electron chi connectivity index (χ2n) is 5.08. The molecule has 1 amide bonds. The van der Waals surface area contributed by atoms with Gasteiger partial charge in [-0.05, 0) is 30.9 Å². The lowest BCUT2D eigenvalue weighted by Crippen LogP contribution is -2.42. The summed E-state index contributed by atoms with van der Waals surface area (Å²) in [7, 11) is 0. The van der Waals surface area contributed by atoms with Gasteiger partial charge in [-0.2, -0.15) is 0 Å². The van der Waals surface area contributed by atoms with Crippen molar-refractivity contribution in [2.75, 3.05) is 0 Å². The number of nitrogens with one attached hydrogen (secondary N) is 1. The number of hydrogen-bond donors (Lipinski definition) is 2. The molecule has 0 saturated carbocycles. The molecule has 2 N–H and O–H groups in total. The van der Waals surface area contributed by atoms with Crippen molar-refractivity contribution in [1.82, 2.24) is 9.88 Å². The highest BCUT2D eigenvalue weighted by molar-refractivity contribution is 5.95. The van der Waals surface area contributed by atoms with Crippen LogP contribution in [-0.2, 0) is 11.3 Å². The van der Waals surface area contributed by atoms with E-state index in [4.69, 9.17) is 5.11 Å². The van der Waals surface area contributed by atoms with Crippen molar-refractivity contribution in [1.29, 1.82) is 0 Å². The van der Waals surface area contributed by atoms with Crippen molar-refractivity contribution in [2.24, 2.45) is 5.92 Å². The maximum atomic E-state index is 12.1. The van der Waals surface area contributed by atoms with Gasteiger partial charge in [-0.25, -0.2) is 4.79 Å². The fourth-order valence-electron chi connectivity index (χ4n) is 1.98. The number of aliphatic carboxylic acids is 1. The van der Waals surface area contributed by atoms with E-state index in [2.05, 4.69) is 5.32 Å². The first-order chi connectivity index (χ1) is 8.95. The zero-order chi connectivity index (χ0) is 14.4. The average molecular weight is 266 g/mol. The summed E-state index contributed by atoms with van der Waals surface area (Å²) in [5, 5.41) is 11.7. The SMILES string of the molecule is CCCn1cccc1C(=O)N[C@@H](CC(C)C)C(=O)O. The lowest BCUT2D eigenvalue weighted by molar-refractivity contribution is -0.139. The predicted molar refractivity (Wildman–Crippen MR) is 73.1 cm³/mol. The number of aryl methyl sites for hydroxylation is 1. The number of carboxylic acids is 1. The summed E-state index contributed by atoms with van der Waals surface area (Å²) in [6.07, 6.45) is 3.18. The zero-order valence-corrected chi connectivity index (χ0v) is 11.7. The van der Waals surface area contributed by atoms with E-state index in [1.54, 1.807) is 12.1 Å². The molecule has 1 rings (SSSR count). The number of carbonyl (C=O) groups excluding carboxylic acids is 1. The van der Waals surface area contributed by atoms with Gasteiger partial charge in [0.05, 0.1) is 0 Å². The van der Waals surface area contributed by atoms with E-state index in [1.165, 1.54) is 0 Å². The highest BCUT2D eigenvalue weighted by Crippen LogP contribution is 2.08. The van der Waals surface area contributed by atoms with Gasteiger partial charge in [0.25, 0.3) is 5.91 Å². The minimum Gasteiger partial charge on any atom is -0.480 e. The van der Waals surface area contributed by atoms with Crippen molar-refractivity contribution >= 4 is 11.9 Å². The minimum atomic E-state index is -0.990. The molecule has 0 aliphatic heterocycles. The van der Waals surface area contributed by atoms with Gasteiger partial charge in [-0.15, -0.1) is 0 Å². The lowest BCUT2D eigenvalue weighted by atomic mass is 10.0. The molecule has 5 nitrogen and oxygen atoms in total. The molecule has 1 aromatic heterocycles. The van der Waals surface area contributed by atoms with Crippen LogP contribution in [0, 0.1) is 5.92 Å². The Morgan fingerprint density at radius 1 is 1.42 bits per heavy atom. The Labute approximate surface area is 113 Å². The number of aromatic nitrogens is 1. The summed E-state index contributed by atoms with van der Waals surface area (Å²) < 4.78 is 1.84. The van der Waals surface area contributed by atoms with Gasteiger partial charge in [0.2, 0.25) is 0 Å². The molecular weight excluding hydrogens is 244 g/mol. The summed E-state index contributed by atoms with van der Waals surface area (Å²) >= 11 is 0. The third-order valence-electron chi connectivity index (χ3n) is 2.84. The first kappa shape index (κ1) is 15.3. The van der Waals surface area contributed by atoms with Crippen LogP contribution in [0.25, 0.3) is 0 Å². The smallest absolute Gasteiger partial charge is 0.326 e. The fraction of sp³-hybridized carbons (Fsp3) is 0.571. The summed E-state index contributed by atoms with van der Waals surface area (Å²) in [6, 6.07) is 2.67. The molecule has 0 spiro atoms. The van der Waals surface area contributed by atoms with E-state index < -0.39 is 12.0 Å². The van der Waals surface area contributed by atoms with Gasteiger partial charge in [-0.1, -0.05) is 20.8 Å². The molecule has 5 heteroatoms. The first-order valence-electron chi connectivity index (χ1n) is 6.64. The van der Waals surface area contributed by atoms with Gasteiger partial charge in [0.1, 0.15) is 11.7 Å². The summed E-state index contributed by atoms with van der Waals surface area (Å²) in [6.45, 7) is 6.64. The zero-order valence-electron chi connectivity index (χ0n) is 11.7. The standard InChI is InChI=1S/C14H22N2O3/c1-4-7-16-8-5-6-12(16)13(17)15-11(14(18)19)9-10(2)3/h5-6,8,10-11H,4,7,9H2,1-3H3,(H,15,17)(H,18,19)/t11-/m0/s1. The molecule has 0 aliphatic rings. The molecule has 106 valence electrons. The second kappa shape index (κ2) is 6.97. The minimum absolute atomic E-state index is 0.212. The summed E-state index contributed by atoms with van der Waals surface area (Å²) in [5.74, 6) is -1.11. The Hall–Kier alpha value is -1.78. The topological polar surface area (TPSA) is 71.3 Å². The van der Waals surface area contributed by atoms with Crippen LogP contribution in [0.1, 0.15) is 44.1 Å². The molecule has 19 heavy (non-hydrogen) atoms. The van der Waals surface area contributed by atoms with Crippen LogP contribution < -0.4 is 5.32 Å². The highest BCUT2D eigenvalue weighted by atomic mass is 16.4. The lowest BCUT2D eigenvalue weighted by Gasteiger charge is -2.17. The number of amides is 1. The van der Waals surface area contributed by atoms with Gasteiger partial charge in [0, 0.05) is 12.7 Å². The van der Waals surface area contributed by atoms with Crippen molar-refractivity contribution in [3.8, 4) is 0 Å². The van der Waals surface area contributed by atoms with Crippen LogP contribution in [0.3, 0.4) is 0 Å². The van der Waals surface area contributed by atoms with E-state index in [9.17, 15) is 9.59 Å². The van der Waals surface area contributed by atoms with Gasteiger partial charge >= 0.3 is 5.97 Å². The molecule has 1 atom stereocenters. The van der Waals surface area contributed by atoms with E-state index in [0.29, 0.717) is 12.1 Å². The molecule has 0 radical (unpaired) electrons. The van der Waals surface area contributed by atoms with Crippen LogP contribution in [0.15, 0.2) is 18.3 Å². The Kier molecular flexibility index (Phi) is 5.60. The normalized spacial score (nSPS) is 12.4.